The quantitative estimate of drug-likeness (QED) is 0.439. The molecule has 2 aromatic carbocycles. The zero-order chi connectivity index (χ0) is 23.7. The van der Waals surface area contributed by atoms with Gasteiger partial charge in [0, 0.05) is 16.4 Å². The minimum atomic E-state index is -0.713. The summed E-state index contributed by atoms with van der Waals surface area (Å²) in [5.41, 5.74) is 1.19. The number of benzene rings is 2. The van der Waals surface area contributed by atoms with Crippen molar-refractivity contribution in [1.29, 1.82) is 0 Å². The molecule has 1 atom stereocenters. The Kier molecular flexibility index (Phi) is 6.58. The molecule has 0 saturated heterocycles. The molecule has 3 aromatic rings. The van der Waals surface area contributed by atoms with Gasteiger partial charge >= 0.3 is 0 Å². The molecule has 1 aliphatic heterocycles. The Morgan fingerprint density at radius 2 is 1.94 bits per heavy atom. The van der Waals surface area contributed by atoms with E-state index < -0.39 is 23.5 Å². The molecule has 0 spiro atoms. The minimum absolute atomic E-state index is 0.0187. The number of halogens is 1. The number of carbonyl (C=O) groups is 2. The molecule has 8 heteroatoms. The number of para-hydroxylation sites is 1. The fourth-order valence-corrected chi connectivity index (χ4v) is 4.37. The lowest BCUT2D eigenvalue weighted by Crippen LogP contribution is -2.33. The molecule has 1 N–H and O–H groups in total. The van der Waals surface area contributed by atoms with Gasteiger partial charge in [-0.2, -0.15) is 0 Å². The van der Waals surface area contributed by atoms with Crippen molar-refractivity contribution in [2.75, 3.05) is 34.3 Å². The summed E-state index contributed by atoms with van der Waals surface area (Å²) in [5, 5.41) is 11.5. The zero-order valence-electron chi connectivity index (χ0n) is 18.7. The van der Waals surface area contributed by atoms with Gasteiger partial charge in [0.05, 0.1) is 18.7 Å². The highest BCUT2D eigenvalue weighted by atomic mass is 79.9. The number of aliphatic hydroxyl groups is 1. The van der Waals surface area contributed by atoms with Crippen LogP contribution in [0.1, 0.15) is 28.6 Å². The van der Waals surface area contributed by atoms with Crippen LogP contribution >= 0.6 is 15.9 Å². The summed E-state index contributed by atoms with van der Waals surface area (Å²) in [6.45, 7) is 1.16. The summed E-state index contributed by atoms with van der Waals surface area (Å²) in [6, 6.07) is 13.6. The van der Waals surface area contributed by atoms with E-state index >= 15 is 0 Å². The van der Waals surface area contributed by atoms with E-state index in [1.807, 2.05) is 49.3 Å². The molecule has 2 heterocycles. The molecule has 1 aliphatic rings. The second-order valence-corrected chi connectivity index (χ2v) is 9.11. The maximum Gasteiger partial charge on any atom is 0.290 e. The third-order valence-electron chi connectivity index (χ3n) is 5.69. The van der Waals surface area contributed by atoms with Crippen LogP contribution in [0.5, 0.6) is 5.75 Å². The van der Waals surface area contributed by atoms with Crippen LogP contribution in [-0.2, 0) is 4.79 Å². The van der Waals surface area contributed by atoms with E-state index in [0.717, 1.165) is 16.6 Å². The van der Waals surface area contributed by atoms with E-state index in [9.17, 15) is 14.7 Å². The van der Waals surface area contributed by atoms with Crippen LogP contribution in [0.15, 0.2) is 68.8 Å². The second-order valence-electron chi connectivity index (χ2n) is 8.19. The van der Waals surface area contributed by atoms with Gasteiger partial charge in [-0.3, -0.25) is 9.59 Å². The van der Waals surface area contributed by atoms with Crippen LogP contribution in [-0.4, -0.2) is 60.9 Å². The SMILES string of the molecule is COc1cccc2cc(C(=O)C3=C(O)C(=O)N(CCCN(C)C)[C@H]3c3ccc(Br)cc3)oc12. The third kappa shape index (κ3) is 4.41. The molecular formula is C25H25BrN2O5. The van der Waals surface area contributed by atoms with Crippen molar-refractivity contribution in [3.8, 4) is 5.75 Å². The number of nitrogens with zero attached hydrogens (tertiary/aromatic N) is 2. The van der Waals surface area contributed by atoms with Crippen LogP contribution in [0.3, 0.4) is 0 Å². The molecule has 0 saturated carbocycles. The van der Waals surface area contributed by atoms with Crippen LogP contribution in [0.25, 0.3) is 11.0 Å². The molecule has 0 unspecified atom stereocenters. The molecule has 0 fully saturated rings. The first-order chi connectivity index (χ1) is 15.8. The first kappa shape index (κ1) is 23.1. The minimum Gasteiger partial charge on any atom is -0.503 e. The summed E-state index contributed by atoms with van der Waals surface area (Å²) in [5.74, 6) is -1.07. The summed E-state index contributed by atoms with van der Waals surface area (Å²) in [7, 11) is 5.44. The molecule has 0 aliphatic carbocycles. The monoisotopic (exact) mass is 512 g/mol. The molecule has 7 nitrogen and oxygen atoms in total. The van der Waals surface area contributed by atoms with Gasteiger partial charge in [0.1, 0.15) is 0 Å². The van der Waals surface area contributed by atoms with Crippen molar-refractivity contribution >= 4 is 38.6 Å². The van der Waals surface area contributed by atoms with E-state index in [1.54, 1.807) is 23.1 Å². The first-order valence-electron chi connectivity index (χ1n) is 10.6. The Morgan fingerprint density at radius 3 is 2.61 bits per heavy atom. The van der Waals surface area contributed by atoms with Gasteiger partial charge in [0.15, 0.2) is 22.9 Å². The van der Waals surface area contributed by atoms with Gasteiger partial charge < -0.3 is 24.1 Å². The largest absolute Gasteiger partial charge is 0.503 e. The standard InChI is InChI=1S/C25H25BrN2O5/c1-27(2)12-5-13-28-21(15-8-10-17(26)11-9-15)20(23(30)25(28)31)22(29)19-14-16-6-4-7-18(32-3)24(16)33-19/h4,6-11,14,21,30H,5,12-13H2,1-3H3/t21-/m0/s1. The lowest BCUT2D eigenvalue weighted by Gasteiger charge is -2.27. The Balaban J connectivity index is 1.76. The van der Waals surface area contributed by atoms with Crippen LogP contribution in [0.4, 0.5) is 0 Å². The van der Waals surface area contributed by atoms with Gasteiger partial charge in [0.25, 0.3) is 5.91 Å². The lowest BCUT2D eigenvalue weighted by atomic mass is 9.95. The molecule has 0 bridgehead atoms. The number of hydrogen-bond acceptors (Lipinski definition) is 6. The summed E-state index contributed by atoms with van der Waals surface area (Å²) in [4.78, 5) is 30.2. The number of Topliss-reactive ketones (excluding diaryl/α,β-unsaturated/α-hetero) is 1. The number of furan rings is 1. The number of rotatable bonds is 8. The predicted octanol–water partition coefficient (Wildman–Crippen LogP) is 4.73. The number of ether oxygens (including phenoxy) is 1. The number of hydrogen-bond donors (Lipinski definition) is 1. The van der Waals surface area contributed by atoms with E-state index in [1.165, 1.54) is 7.11 Å². The highest BCUT2D eigenvalue weighted by molar-refractivity contribution is 9.10. The first-order valence-corrected chi connectivity index (χ1v) is 11.4. The average molecular weight is 513 g/mol. The van der Waals surface area contributed by atoms with Gasteiger partial charge in [-0.15, -0.1) is 0 Å². The molecule has 1 aromatic heterocycles. The van der Waals surface area contributed by atoms with Crippen molar-refractivity contribution in [2.24, 2.45) is 0 Å². The zero-order valence-corrected chi connectivity index (χ0v) is 20.3. The fraction of sp³-hybridized carbons (Fsp3) is 0.280. The number of amides is 1. The van der Waals surface area contributed by atoms with Crippen molar-refractivity contribution in [2.45, 2.75) is 12.5 Å². The molecule has 172 valence electrons. The summed E-state index contributed by atoms with van der Waals surface area (Å²) >= 11 is 3.42. The highest BCUT2D eigenvalue weighted by Crippen LogP contribution is 2.40. The smallest absolute Gasteiger partial charge is 0.290 e. The van der Waals surface area contributed by atoms with E-state index in [0.29, 0.717) is 29.7 Å². The van der Waals surface area contributed by atoms with Crippen LogP contribution in [0.2, 0.25) is 0 Å². The molecule has 33 heavy (non-hydrogen) atoms. The Labute approximate surface area is 200 Å². The number of fused-ring (bicyclic) bond motifs is 1. The lowest BCUT2D eigenvalue weighted by molar-refractivity contribution is -0.129. The van der Waals surface area contributed by atoms with Gasteiger partial charge in [-0.1, -0.05) is 40.2 Å². The highest BCUT2D eigenvalue weighted by Gasteiger charge is 2.44. The maximum absolute atomic E-state index is 13.6. The van der Waals surface area contributed by atoms with Crippen molar-refractivity contribution in [3.05, 3.63) is 75.7 Å². The van der Waals surface area contributed by atoms with Crippen molar-refractivity contribution in [1.82, 2.24) is 9.80 Å². The fourth-order valence-electron chi connectivity index (χ4n) is 4.11. The van der Waals surface area contributed by atoms with Crippen LogP contribution in [0, 0.1) is 0 Å². The van der Waals surface area contributed by atoms with E-state index in [4.69, 9.17) is 9.15 Å². The number of methoxy groups -OCH3 is 1. The molecule has 1 amide bonds. The van der Waals surface area contributed by atoms with E-state index in [-0.39, 0.29) is 11.3 Å². The van der Waals surface area contributed by atoms with Gasteiger partial charge in [-0.05, 0) is 56.9 Å². The average Bonchev–Trinajstić information content (AvgIpc) is 3.34. The van der Waals surface area contributed by atoms with Crippen LogP contribution < -0.4 is 4.74 Å². The molecule has 4 rings (SSSR count). The molecular weight excluding hydrogens is 488 g/mol. The van der Waals surface area contributed by atoms with E-state index in [2.05, 4.69) is 15.9 Å². The number of carbonyl (C=O) groups excluding carboxylic acids is 2. The predicted molar refractivity (Wildman–Crippen MR) is 129 cm³/mol. The van der Waals surface area contributed by atoms with Crippen molar-refractivity contribution in [3.63, 3.8) is 0 Å². The van der Waals surface area contributed by atoms with Gasteiger partial charge in [0.2, 0.25) is 5.78 Å². The third-order valence-corrected chi connectivity index (χ3v) is 6.22. The second kappa shape index (κ2) is 9.41. The van der Waals surface area contributed by atoms with Gasteiger partial charge in [-0.25, -0.2) is 0 Å². The molecule has 0 radical (unpaired) electrons. The maximum atomic E-state index is 13.6. The summed E-state index contributed by atoms with van der Waals surface area (Å²) in [6.07, 6.45) is 0.697. The Hall–Kier alpha value is -3.10. The Bertz CT molecular complexity index is 1230. The van der Waals surface area contributed by atoms with Crippen molar-refractivity contribution < 1.29 is 23.8 Å². The Morgan fingerprint density at radius 1 is 1.21 bits per heavy atom. The number of aliphatic hydroxyl groups excluding tert-OH is 1. The topological polar surface area (TPSA) is 83.2 Å². The normalized spacial score (nSPS) is 16.3. The summed E-state index contributed by atoms with van der Waals surface area (Å²) < 4.78 is 12.0. The number of ketones is 1.